The van der Waals surface area contributed by atoms with Gasteiger partial charge in [0.25, 0.3) is 0 Å². The molecule has 1 fully saturated rings. The van der Waals surface area contributed by atoms with Gasteiger partial charge in [0.05, 0.1) is 30.3 Å². The summed E-state index contributed by atoms with van der Waals surface area (Å²) in [6.45, 7) is 10.3. The second-order valence-corrected chi connectivity index (χ2v) is 11.5. The first-order valence-electron chi connectivity index (χ1n) is 13.9. The Bertz CT molecular complexity index is 1610. The van der Waals surface area contributed by atoms with Gasteiger partial charge in [-0.25, -0.2) is 28.7 Å². The van der Waals surface area contributed by atoms with Crippen molar-refractivity contribution in [2.24, 2.45) is 0 Å². The van der Waals surface area contributed by atoms with E-state index < -0.39 is 17.2 Å². The van der Waals surface area contributed by atoms with Crippen LogP contribution in [0, 0.1) is 18.6 Å². The number of pyridine rings is 1. The largest absolute Gasteiger partial charge is 0.372 e. The predicted molar refractivity (Wildman–Crippen MR) is 156 cm³/mol. The lowest BCUT2D eigenvalue weighted by atomic mass is 9.98. The summed E-state index contributed by atoms with van der Waals surface area (Å²) in [5.41, 5.74) is 1.52. The van der Waals surface area contributed by atoms with Crippen molar-refractivity contribution in [3.63, 3.8) is 0 Å². The predicted octanol–water partition coefficient (Wildman–Crippen LogP) is 4.87. The maximum absolute atomic E-state index is 15.0. The number of hydrogen-bond acceptors (Lipinski definition) is 8. The highest BCUT2D eigenvalue weighted by Gasteiger charge is 2.34. The molecule has 1 N–H and O–H groups in total. The van der Waals surface area contributed by atoms with Crippen molar-refractivity contribution in [2.45, 2.75) is 52.3 Å². The number of aryl methyl sites for hydroxylation is 1. The molecule has 0 unspecified atom stereocenters. The molecule has 4 aromatic rings. The number of hydrogen-bond donors (Lipinski definition) is 1. The highest BCUT2D eigenvalue weighted by atomic mass is 19.1. The van der Waals surface area contributed by atoms with Crippen molar-refractivity contribution in [2.75, 3.05) is 39.1 Å². The molecule has 0 radical (unpaired) electrons. The molecule has 1 amide bonds. The van der Waals surface area contributed by atoms with Gasteiger partial charge in [-0.2, -0.15) is 0 Å². The maximum Gasteiger partial charge on any atom is 0.229 e. The van der Waals surface area contributed by atoms with Gasteiger partial charge in [-0.15, -0.1) is 0 Å². The van der Waals surface area contributed by atoms with Crippen LogP contribution in [0.5, 0.6) is 0 Å². The number of benzene rings is 1. The van der Waals surface area contributed by atoms with Gasteiger partial charge < -0.3 is 19.5 Å². The van der Waals surface area contributed by atoms with E-state index in [1.807, 2.05) is 38.3 Å². The quantitative estimate of drug-likeness (QED) is 0.316. The fourth-order valence-corrected chi connectivity index (χ4v) is 5.39. The summed E-state index contributed by atoms with van der Waals surface area (Å²) in [6, 6.07) is 6.73. The minimum absolute atomic E-state index is 0.0257. The van der Waals surface area contributed by atoms with E-state index in [9.17, 15) is 9.18 Å². The second-order valence-electron chi connectivity index (χ2n) is 11.5. The zero-order chi connectivity index (χ0) is 30.2. The monoisotopic (exact) mass is 578 g/mol. The van der Waals surface area contributed by atoms with Crippen molar-refractivity contribution in [3.8, 4) is 11.3 Å². The maximum atomic E-state index is 15.0. The average molecular weight is 579 g/mol. The van der Waals surface area contributed by atoms with E-state index in [-0.39, 0.29) is 34.7 Å². The molecule has 12 heteroatoms. The van der Waals surface area contributed by atoms with Crippen LogP contribution in [0.4, 0.5) is 20.5 Å². The second kappa shape index (κ2) is 11.7. The summed E-state index contributed by atoms with van der Waals surface area (Å²) < 4.78 is 37.8. The van der Waals surface area contributed by atoms with Gasteiger partial charge in [-0.3, -0.25) is 9.69 Å². The molecule has 1 aliphatic heterocycles. The molecule has 1 aromatic carbocycles. The van der Waals surface area contributed by atoms with Crippen LogP contribution < -0.4 is 5.32 Å². The fraction of sp³-hybridized carbons (Fsp3) is 0.433. The number of fused-ring (bicyclic) bond motifs is 1. The summed E-state index contributed by atoms with van der Waals surface area (Å²) in [4.78, 5) is 33.3. The summed E-state index contributed by atoms with van der Waals surface area (Å²) in [5, 5.41) is 3.02. The number of anilines is 2. The van der Waals surface area contributed by atoms with E-state index in [4.69, 9.17) is 4.74 Å². The standard InChI is InChI=1S/C30H36F2N8O2/c1-18(2)40-19(3)35-28-22(31)11-21(12-24(28)40)27-23(32)15-34-29(37-27)36-25-8-7-20(14-33-25)16-39-9-10-42-30(4,17-39)13-26(41)38(5)6/h7-8,11-12,14-15,18H,9-10,13,16-17H2,1-6H3,(H,33,34,36,37)/t30-/m1/s1. The molecular formula is C30H36F2N8O2. The number of aromatic nitrogens is 5. The van der Waals surface area contributed by atoms with E-state index in [0.29, 0.717) is 43.3 Å². The molecule has 0 spiro atoms. The van der Waals surface area contributed by atoms with Gasteiger partial charge in [-0.1, -0.05) is 6.07 Å². The number of rotatable bonds is 8. The van der Waals surface area contributed by atoms with Gasteiger partial charge in [0, 0.05) is 51.5 Å². The average Bonchev–Trinajstić information content (AvgIpc) is 3.27. The van der Waals surface area contributed by atoms with Crippen molar-refractivity contribution in [1.82, 2.24) is 34.3 Å². The minimum atomic E-state index is -0.667. The minimum Gasteiger partial charge on any atom is -0.372 e. The lowest BCUT2D eigenvalue weighted by Gasteiger charge is -2.40. The van der Waals surface area contributed by atoms with E-state index in [1.165, 1.54) is 6.07 Å². The zero-order valence-corrected chi connectivity index (χ0v) is 24.8. The molecule has 4 heterocycles. The molecule has 1 saturated heterocycles. The van der Waals surface area contributed by atoms with Gasteiger partial charge in [0.2, 0.25) is 11.9 Å². The van der Waals surface area contributed by atoms with Gasteiger partial charge in [0.15, 0.2) is 11.6 Å². The van der Waals surface area contributed by atoms with Crippen LogP contribution in [0.2, 0.25) is 0 Å². The Kier molecular flexibility index (Phi) is 8.20. The molecule has 1 atom stereocenters. The van der Waals surface area contributed by atoms with Crippen LogP contribution >= 0.6 is 0 Å². The van der Waals surface area contributed by atoms with Gasteiger partial charge in [-0.05, 0) is 51.5 Å². The van der Waals surface area contributed by atoms with E-state index in [1.54, 1.807) is 37.3 Å². The molecule has 0 saturated carbocycles. The number of imidazole rings is 1. The van der Waals surface area contributed by atoms with E-state index in [2.05, 4.69) is 30.2 Å². The third-order valence-corrected chi connectivity index (χ3v) is 7.37. The molecular weight excluding hydrogens is 542 g/mol. The SMILES string of the molecule is Cc1nc2c(F)cc(-c3nc(Nc4ccc(CN5CCO[C@](C)(CC(=O)N(C)C)C5)cn4)ncc3F)cc2n1C(C)C. The molecule has 1 aliphatic rings. The molecule has 0 aliphatic carbocycles. The number of nitrogens with zero attached hydrogens (tertiary/aromatic N) is 7. The van der Waals surface area contributed by atoms with Crippen LogP contribution in [0.1, 0.15) is 44.6 Å². The number of morpholine rings is 1. The number of carbonyl (C=O) groups is 1. The first kappa shape index (κ1) is 29.5. The Hall–Kier alpha value is -4.03. The van der Waals surface area contributed by atoms with Crippen molar-refractivity contribution in [1.29, 1.82) is 0 Å². The topological polar surface area (TPSA) is 101 Å². The molecule has 5 rings (SSSR count). The van der Waals surface area contributed by atoms with Crippen molar-refractivity contribution in [3.05, 3.63) is 59.7 Å². The van der Waals surface area contributed by atoms with Crippen LogP contribution in [-0.4, -0.2) is 79.6 Å². The van der Waals surface area contributed by atoms with E-state index in [0.717, 1.165) is 18.3 Å². The van der Waals surface area contributed by atoms with Crippen LogP contribution in [0.25, 0.3) is 22.3 Å². The van der Waals surface area contributed by atoms with Gasteiger partial charge >= 0.3 is 0 Å². The number of halogens is 2. The van der Waals surface area contributed by atoms with Crippen LogP contribution in [0.3, 0.4) is 0 Å². The highest BCUT2D eigenvalue weighted by Crippen LogP contribution is 2.30. The molecule has 10 nitrogen and oxygen atoms in total. The van der Waals surface area contributed by atoms with Crippen molar-refractivity contribution < 1.29 is 18.3 Å². The Balaban J connectivity index is 1.30. The number of ether oxygens (including phenoxy) is 1. The summed E-state index contributed by atoms with van der Waals surface area (Å²) in [6.07, 6.45) is 3.13. The molecule has 222 valence electrons. The Morgan fingerprint density at radius 3 is 2.62 bits per heavy atom. The lowest BCUT2D eigenvalue weighted by molar-refractivity contribution is -0.144. The summed E-state index contributed by atoms with van der Waals surface area (Å²) in [5.74, 6) is 0.119. The summed E-state index contributed by atoms with van der Waals surface area (Å²) >= 11 is 0. The first-order valence-corrected chi connectivity index (χ1v) is 13.9. The third-order valence-electron chi connectivity index (χ3n) is 7.37. The van der Waals surface area contributed by atoms with Crippen molar-refractivity contribution >= 4 is 28.7 Å². The fourth-order valence-electron chi connectivity index (χ4n) is 5.39. The van der Waals surface area contributed by atoms with Crippen LogP contribution in [0.15, 0.2) is 36.7 Å². The normalized spacial score (nSPS) is 17.6. The zero-order valence-electron chi connectivity index (χ0n) is 24.8. The molecule has 0 bridgehead atoms. The number of carbonyl (C=O) groups excluding carboxylic acids is 1. The molecule has 3 aromatic heterocycles. The Morgan fingerprint density at radius 2 is 1.93 bits per heavy atom. The van der Waals surface area contributed by atoms with E-state index >= 15 is 4.39 Å². The molecule has 42 heavy (non-hydrogen) atoms. The smallest absolute Gasteiger partial charge is 0.229 e. The lowest BCUT2D eigenvalue weighted by Crippen LogP contribution is -2.51. The van der Waals surface area contributed by atoms with Crippen LogP contribution in [-0.2, 0) is 16.1 Å². The first-order chi connectivity index (χ1) is 19.9. The Labute approximate surface area is 243 Å². The Morgan fingerprint density at radius 1 is 1.14 bits per heavy atom. The number of nitrogens with one attached hydrogen (secondary N) is 1. The highest BCUT2D eigenvalue weighted by molar-refractivity contribution is 5.83. The third kappa shape index (κ3) is 6.24. The van der Waals surface area contributed by atoms with Gasteiger partial charge in [0.1, 0.15) is 22.9 Å². The number of amides is 1. The summed E-state index contributed by atoms with van der Waals surface area (Å²) in [7, 11) is 3.49.